The van der Waals surface area contributed by atoms with Crippen molar-refractivity contribution in [2.75, 3.05) is 12.9 Å². The first-order valence-corrected chi connectivity index (χ1v) is 9.79. The van der Waals surface area contributed by atoms with Crippen molar-refractivity contribution in [1.29, 1.82) is 0 Å². The summed E-state index contributed by atoms with van der Waals surface area (Å²) in [5, 5.41) is 10.5. The maximum Gasteiger partial charge on any atom is 0.190 e. The van der Waals surface area contributed by atoms with Gasteiger partial charge in [-0.05, 0) is 32.9 Å². The summed E-state index contributed by atoms with van der Waals surface area (Å²) in [4.78, 5) is 0.165. The highest BCUT2D eigenvalue weighted by atomic mass is 32.2. The Balaban J connectivity index is 1.73. The van der Waals surface area contributed by atoms with Crippen molar-refractivity contribution in [2.24, 2.45) is 0 Å². The molecule has 1 N–H and O–H groups in total. The summed E-state index contributed by atoms with van der Waals surface area (Å²) in [6.07, 6.45) is -3.94. The van der Waals surface area contributed by atoms with E-state index in [1.807, 2.05) is 6.92 Å². The van der Waals surface area contributed by atoms with Crippen LogP contribution in [0, 0.1) is 6.92 Å². The van der Waals surface area contributed by atoms with Crippen LogP contribution >= 0.6 is 0 Å². The predicted octanol–water partition coefficient (Wildman–Crippen LogP) is 1.02. The average molecular weight is 372 g/mol. The molecule has 2 aliphatic heterocycles. The summed E-state index contributed by atoms with van der Waals surface area (Å²) < 4.78 is 47.6. The molecule has 7 nitrogen and oxygen atoms in total. The molecule has 0 radical (unpaired) electrons. The van der Waals surface area contributed by atoms with Gasteiger partial charge in [0.15, 0.2) is 21.9 Å². The van der Waals surface area contributed by atoms with Gasteiger partial charge in [0, 0.05) is 7.11 Å². The van der Waals surface area contributed by atoms with Crippen LogP contribution in [0.5, 0.6) is 0 Å². The Labute approximate surface area is 147 Å². The Morgan fingerprint density at radius 2 is 1.88 bits per heavy atom. The van der Waals surface area contributed by atoms with Crippen molar-refractivity contribution >= 4 is 9.84 Å². The molecule has 8 heteroatoms. The molecule has 0 bridgehead atoms. The monoisotopic (exact) mass is 372 g/mol. The minimum Gasteiger partial charge on any atom is -0.389 e. The topological polar surface area (TPSA) is 91.3 Å². The Bertz CT molecular complexity index is 713. The van der Waals surface area contributed by atoms with Gasteiger partial charge < -0.3 is 24.1 Å². The summed E-state index contributed by atoms with van der Waals surface area (Å²) in [5.74, 6) is -1.28. The van der Waals surface area contributed by atoms with E-state index in [1.165, 1.54) is 19.2 Å². The van der Waals surface area contributed by atoms with Gasteiger partial charge in [0.2, 0.25) is 0 Å². The third kappa shape index (κ3) is 3.74. The van der Waals surface area contributed by atoms with Gasteiger partial charge >= 0.3 is 0 Å². The van der Waals surface area contributed by atoms with Crippen LogP contribution in [0.25, 0.3) is 0 Å². The van der Waals surface area contributed by atoms with Gasteiger partial charge in [0.1, 0.15) is 18.3 Å². The minimum atomic E-state index is -3.66. The highest BCUT2D eigenvalue weighted by Crippen LogP contribution is 2.39. The first kappa shape index (κ1) is 18.8. The van der Waals surface area contributed by atoms with Gasteiger partial charge in [-0.15, -0.1) is 0 Å². The van der Waals surface area contributed by atoms with E-state index in [9.17, 15) is 13.5 Å². The second-order valence-electron chi connectivity index (χ2n) is 6.93. The van der Waals surface area contributed by atoms with E-state index < -0.39 is 52.1 Å². The molecule has 0 amide bonds. The predicted molar refractivity (Wildman–Crippen MR) is 88.7 cm³/mol. The van der Waals surface area contributed by atoms with Crippen LogP contribution in [0.2, 0.25) is 0 Å². The largest absolute Gasteiger partial charge is 0.389 e. The molecule has 0 spiro atoms. The fraction of sp³-hybridized carbons (Fsp3) is 0.647. The highest BCUT2D eigenvalue weighted by Gasteiger charge is 2.57. The Kier molecular flexibility index (Phi) is 4.95. The van der Waals surface area contributed by atoms with Gasteiger partial charge in [0.05, 0.1) is 16.8 Å². The molecule has 0 aliphatic carbocycles. The average Bonchev–Trinajstić information content (AvgIpc) is 2.98. The van der Waals surface area contributed by atoms with Crippen LogP contribution < -0.4 is 0 Å². The molecule has 2 fully saturated rings. The number of sulfone groups is 1. The summed E-state index contributed by atoms with van der Waals surface area (Å²) in [6.45, 7) is 5.39. The number of rotatable bonds is 5. The third-order valence-electron chi connectivity index (χ3n) is 4.45. The summed E-state index contributed by atoms with van der Waals surface area (Å²) in [5.41, 5.74) is 0.961. The SMILES string of the molecule is CO[C@@H]1[C@H]2OC(C)(C)O[C@H]2O[C@@H]1[C@@H](O)CS(=O)(=O)c1ccc(C)cc1. The van der Waals surface area contributed by atoms with Crippen molar-refractivity contribution in [3.63, 3.8) is 0 Å². The zero-order chi connectivity index (χ0) is 18.4. The molecule has 1 aromatic carbocycles. The lowest BCUT2D eigenvalue weighted by atomic mass is 10.1. The van der Waals surface area contributed by atoms with Crippen LogP contribution in [0.1, 0.15) is 19.4 Å². The first-order chi connectivity index (χ1) is 11.6. The van der Waals surface area contributed by atoms with E-state index in [0.29, 0.717) is 0 Å². The van der Waals surface area contributed by atoms with Crippen LogP contribution in [0.3, 0.4) is 0 Å². The molecule has 0 aromatic heterocycles. The van der Waals surface area contributed by atoms with E-state index >= 15 is 0 Å². The lowest BCUT2D eigenvalue weighted by molar-refractivity contribution is -0.226. The van der Waals surface area contributed by atoms with Crippen molar-refractivity contribution < 1.29 is 32.5 Å². The van der Waals surface area contributed by atoms with Crippen molar-refractivity contribution in [1.82, 2.24) is 0 Å². The zero-order valence-electron chi connectivity index (χ0n) is 14.7. The van der Waals surface area contributed by atoms with Crippen molar-refractivity contribution in [3.05, 3.63) is 29.8 Å². The van der Waals surface area contributed by atoms with Gasteiger partial charge in [-0.25, -0.2) is 8.42 Å². The van der Waals surface area contributed by atoms with Gasteiger partial charge in [-0.1, -0.05) is 17.7 Å². The van der Waals surface area contributed by atoms with E-state index in [4.69, 9.17) is 18.9 Å². The molecular formula is C17H24O7S. The number of aliphatic hydroxyl groups is 1. The number of methoxy groups -OCH3 is 1. The lowest BCUT2D eigenvalue weighted by Crippen LogP contribution is -2.44. The van der Waals surface area contributed by atoms with Gasteiger partial charge in [-0.3, -0.25) is 0 Å². The highest BCUT2D eigenvalue weighted by molar-refractivity contribution is 7.91. The second kappa shape index (κ2) is 6.61. The van der Waals surface area contributed by atoms with Crippen molar-refractivity contribution in [3.8, 4) is 0 Å². The third-order valence-corrected chi connectivity index (χ3v) is 6.22. The smallest absolute Gasteiger partial charge is 0.190 e. The maximum absolute atomic E-state index is 12.5. The molecule has 5 atom stereocenters. The minimum absolute atomic E-state index is 0.165. The normalized spacial score (nSPS) is 32.5. The maximum atomic E-state index is 12.5. The van der Waals surface area contributed by atoms with Crippen LogP contribution in [0.15, 0.2) is 29.2 Å². The number of hydrogen-bond donors (Lipinski definition) is 1. The van der Waals surface area contributed by atoms with Crippen LogP contribution in [0.4, 0.5) is 0 Å². The summed E-state index contributed by atoms with van der Waals surface area (Å²) in [6, 6.07) is 6.50. The first-order valence-electron chi connectivity index (χ1n) is 8.14. The molecule has 0 saturated carbocycles. The van der Waals surface area contributed by atoms with Crippen LogP contribution in [-0.4, -0.2) is 62.9 Å². The van der Waals surface area contributed by atoms with E-state index in [1.54, 1.807) is 26.0 Å². The van der Waals surface area contributed by atoms with Gasteiger partial charge in [-0.2, -0.15) is 0 Å². The Morgan fingerprint density at radius 1 is 1.24 bits per heavy atom. The fourth-order valence-corrected chi connectivity index (χ4v) is 4.63. The van der Waals surface area contributed by atoms with E-state index in [2.05, 4.69) is 0 Å². The molecule has 140 valence electrons. The zero-order valence-corrected chi connectivity index (χ0v) is 15.5. The van der Waals surface area contributed by atoms with Crippen LogP contribution in [-0.2, 0) is 28.8 Å². The summed E-state index contributed by atoms with van der Waals surface area (Å²) in [7, 11) is -2.19. The van der Waals surface area contributed by atoms with Gasteiger partial charge in [0.25, 0.3) is 0 Å². The standard InChI is InChI=1S/C17H24O7S/c1-10-5-7-11(8-6-10)25(19,20)9-12(18)13-14(21-4)15-16(22-13)24-17(2,3)23-15/h5-8,12-16,18H,9H2,1-4H3/t12-,13+,14-,15+,16+/m0/s1. The molecule has 0 unspecified atom stereocenters. The van der Waals surface area contributed by atoms with Crippen molar-refractivity contribution in [2.45, 2.75) is 62.2 Å². The van der Waals surface area contributed by atoms with E-state index in [-0.39, 0.29) is 4.90 Å². The Hall–Kier alpha value is -1.03. The molecule has 1 aromatic rings. The molecule has 2 heterocycles. The number of aryl methyl sites for hydroxylation is 1. The van der Waals surface area contributed by atoms with E-state index in [0.717, 1.165) is 5.56 Å². The molecular weight excluding hydrogens is 348 g/mol. The Morgan fingerprint density at radius 3 is 2.48 bits per heavy atom. The quantitative estimate of drug-likeness (QED) is 0.825. The molecule has 25 heavy (non-hydrogen) atoms. The molecule has 3 rings (SSSR count). The molecule has 2 saturated heterocycles. The molecule has 2 aliphatic rings. The number of benzene rings is 1. The lowest BCUT2D eigenvalue weighted by Gasteiger charge is -2.27. The summed E-state index contributed by atoms with van der Waals surface area (Å²) >= 11 is 0. The number of fused-ring (bicyclic) bond motifs is 1. The number of ether oxygens (including phenoxy) is 4. The number of aliphatic hydroxyl groups excluding tert-OH is 1. The number of hydrogen-bond acceptors (Lipinski definition) is 7. The second-order valence-corrected chi connectivity index (χ2v) is 8.97. The fourth-order valence-electron chi connectivity index (χ4n) is 3.24.